The van der Waals surface area contributed by atoms with Gasteiger partial charge in [0.1, 0.15) is 5.75 Å². The van der Waals surface area contributed by atoms with Crippen LogP contribution in [0.15, 0.2) is 18.2 Å². The number of halogens is 3. The summed E-state index contributed by atoms with van der Waals surface area (Å²) < 4.78 is 39.6. The standard InChI is InChI=1S/C9H7F3N2O/c1-5-7-4-6(15-9(10,11)12)2-3-8(7)14-13-5/h2-4H,1H3,(H,13,14). The molecular formula is C9H7F3N2O. The summed E-state index contributed by atoms with van der Waals surface area (Å²) in [6.07, 6.45) is -4.66. The van der Waals surface area contributed by atoms with Crippen molar-refractivity contribution in [2.45, 2.75) is 13.3 Å². The SMILES string of the molecule is Cc1[nH]nc2ccc(OC(F)(F)F)cc12. The zero-order valence-corrected chi connectivity index (χ0v) is 7.72. The van der Waals surface area contributed by atoms with Gasteiger partial charge in [-0.05, 0) is 25.1 Å². The van der Waals surface area contributed by atoms with Gasteiger partial charge in [-0.2, -0.15) is 5.10 Å². The molecule has 0 radical (unpaired) electrons. The van der Waals surface area contributed by atoms with Crippen molar-refractivity contribution in [1.29, 1.82) is 0 Å². The maximum atomic E-state index is 11.9. The zero-order valence-electron chi connectivity index (χ0n) is 7.72. The number of benzene rings is 1. The molecule has 80 valence electrons. The largest absolute Gasteiger partial charge is 0.573 e. The molecule has 0 unspecified atom stereocenters. The summed E-state index contributed by atoms with van der Waals surface area (Å²) in [6, 6.07) is 4.01. The predicted molar refractivity (Wildman–Crippen MR) is 47.5 cm³/mol. The third-order valence-corrected chi connectivity index (χ3v) is 1.95. The van der Waals surface area contributed by atoms with E-state index in [0.29, 0.717) is 16.6 Å². The molecule has 6 heteroatoms. The summed E-state index contributed by atoms with van der Waals surface area (Å²) in [4.78, 5) is 0. The van der Waals surface area contributed by atoms with E-state index in [1.165, 1.54) is 18.2 Å². The minimum absolute atomic E-state index is 0.237. The average molecular weight is 216 g/mol. The number of fused-ring (bicyclic) bond motifs is 1. The molecule has 0 aliphatic heterocycles. The lowest BCUT2D eigenvalue weighted by Crippen LogP contribution is -2.16. The van der Waals surface area contributed by atoms with Gasteiger partial charge in [0.25, 0.3) is 0 Å². The number of aryl methyl sites for hydroxylation is 1. The first kappa shape index (κ1) is 9.82. The minimum Gasteiger partial charge on any atom is -0.406 e. The van der Waals surface area contributed by atoms with E-state index in [1.807, 2.05) is 0 Å². The lowest BCUT2D eigenvalue weighted by molar-refractivity contribution is -0.274. The van der Waals surface area contributed by atoms with E-state index < -0.39 is 6.36 Å². The van der Waals surface area contributed by atoms with Gasteiger partial charge >= 0.3 is 6.36 Å². The van der Waals surface area contributed by atoms with Crippen molar-refractivity contribution in [3.63, 3.8) is 0 Å². The summed E-state index contributed by atoms with van der Waals surface area (Å²) in [6.45, 7) is 1.73. The molecule has 15 heavy (non-hydrogen) atoms. The van der Waals surface area contributed by atoms with Crippen LogP contribution in [-0.4, -0.2) is 16.6 Å². The van der Waals surface area contributed by atoms with Crippen LogP contribution in [0.25, 0.3) is 10.9 Å². The van der Waals surface area contributed by atoms with Crippen molar-refractivity contribution in [2.75, 3.05) is 0 Å². The van der Waals surface area contributed by atoms with Gasteiger partial charge < -0.3 is 4.74 Å². The number of ether oxygens (including phenoxy) is 1. The van der Waals surface area contributed by atoms with Gasteiger partial charge in [0.2, 0.25) is 0 Å². The third kappa shape index (κ3) is 2.03. The van der Waals surface area contributed by atoms with E-state index in [2.05, 4.69) is 14.9 Å². The fourth-order valence-corrected chi connectivity index (χ4v) is 1.31. The minimum atomic E-state index is -4.66. The Hall–Kier alpha value is -1.72. The Kier molecular flexibility index (Phi) is 2.06. The average Bonchev–Trinajstić information content (AvgIpc) is 2.45. The molecule has 0 amide bonds. The van der Waals surface area contributed by atoms with Crippen LogP contribution >= 0.6 is 0 Å². The molecule has 0 aliphatic carbocycles. The molecule has 0 fully saturated rings. The highest BCUT2D eigenvalue weighted by atomic mass is 19.4. The first-order chi connectivity index (χ1) is 6.96. The highest BCUT2D eigenvalue weighted by Crippen LogP contribution is 2.26. The Morgan fingerprint density at radius 3 is 2.73 bits per heavy atom. The monoisotopic (exact) mass is 216 g/mol. The summed E-state index contributed by atoms with van der Waals surface area (Å²) >= 11 is 0. The third-order valence-electron chi connectivity index (χ3n) is 1.95. The molecule has 1 heterocycles. The Bertz CT molecular complexity index is 490. The van der Waals surface area contributed by atoms with Crippen LogP contribution in [0.5, 0.6) is 5.75 Å². The topological polar surface area (TPSA) is 37.9 Å². The van der Waals surface area contributed by atoms with E-state index >= 15 is 0 Å². The smallest absolute Gasteiger partial charge is 0.406 e. The van der Waals surface area contributed by atoms with Crippen LogP contribution < -0.4 is 4.74 Å². The van der Waals surface area contributed by atoms with Crippen molar-refractivity contribution < 1.29 is 17.9 Å². The van der Waals surface area contributed by atoms with Gasteiger partial charge in [-0.3, -0.25) is 5.10 Å². The van der Waals surface area contributed by atoms with Crippen LogP contribution in [0.3, 0.4) is 0 Å². The highest BCUT2D eigenvalue weighted by molar-refractivity contribution is 5.82. The molecule has 0 saturated heterocycles. The Morgan fingerprint density at radius 1 is 1.33 bits per heavy atom. The van der Waals surface area contributed by atoms with Gasteiger partial charge in [0.15, 0.2) is 0 Å². The molecule has 3 nitrogen and oxygen atoms in total. The van der Waals surface area contributed by atoms with E-state index in [-0.39, 0.29) is 5.75 Å². The lowest BCUT2D eigenvalue weighted by Gasteiger charge is -2.08. The van der Waals surface area contributed by atoms with Crippen LogP contribution in [0.1, 0.15) is 5.69 Å². The number of nitrogens with one attached hydrogen (secondary N) is 1. The second kappa shape index (κ2) is 3.15. The van der Waals surface area contributed by atoms with Crippen molar-refractivity contribution in [3.05, 3.63) is 23.9 Å². The second-order valence-corrected chi connectivity index (χ2v) is 3.08. The van der Waals surface area contributed by atoms with Gasteiger partial charge in [0.05, 0.1) is 5.52 Å². The van der Waals surface area contributed by atoms with Crippen molar-refractivity contribution in [2.24, 2.45) is 0 Å². The summed E-state index contributed by atoms with van der Waals surface area (Å²) in [7, 11) is 0. The van der Waals surface area contributed by atoms with E-state index in [9.17, 15) is 13.2 Å². The summed E-state index contributed by atoms with van der Waals surface area (Å²) in [5, 5.41) is 7.20. The molecule has 2 aromatic rings. The lowest BCUT2D eigenvalue weighted by atomic mass is 10.2. The number of H-pyrrole nitrogens is 1. The molecular weight excluding hydrogens is 209 g/mol. The Labute approximate surface area is 82.9 Å². The van der Waals surface area contributed by atoms with E-state index in [4.69, 9.17) is 0 Å². The molecule has 2 rings (SSSR count). The van der Waals surface area contributed by atoms with Crippen molar-refractivity contribution in [3.8, 4) is 5.75 Å². The first-order valence-electron chi connectivity index (χ1n) is 4.16. The van der Waals surface area contributed by atoms with Gasteiger partial charge in [0, 0.05) is 11.1 Å². The van der Waals surface area contributed by atoms with Crippen LogP contribution in [0.4, 0.5) is 13.2 Å². The van der Waals surface area contributed by atoms with Crippen LogP contribution in [0, 0.1) is 6.92 Å². The fraction of sp³-hybridized carbons (Fsp3) is 0.222. The summed E-state index contributed by atoms with van der Waals surface area (Å²) in [5.74, 6) is -0.237. The maximum absolute atomic E-state index is 11.9. The quantitative estimate of drug-likeness (QED) is 0.795. The van der Waals surface area contributed by atoms with Crippen LogP contribution in [0.2, 0.25) is 0 Å². The molecule has 0 bridgehead atoms. The van der Waals surface area contributed by atoms with Gasteiger partial charge in [-0.15, -0.1) is 13.2 Å². The predicted octanol–water partition coefficient (Wildman–Crippen LogP) is 2.77. The second-order valence-electron chi connectivity index (χ2n) is 3.08. The molecule has 1 aromatic carbocycles. The van der Waals surface area contributed by atoms with E-state index in [1.54, 1.807) is 6.92 Å². The molecule has 0 atom stereocenters. The molecule has 1 aromatic heterocycles. The van der Waals surface area contributed by atoms with Crippen molar-refractivity contribution in [1.82, 2.24) is 10.2 Å². The number of aromatic amines is 1. The number of hydrogen-bond donors (Lipinski definition) is 1. The zero-order chi connectivity index (χ0) is 11.1. The first-order valence-corrected chi connectivity index (χ1v) is 4.16. The fourth-order valence-electron chi connectivity index (χ4n) is 1.31. The molecule has 1 N–H and O–H groups in total. The Morgan fingerprint density at radius 2 is 2.07 bits per heavy atom. The highest BCUT2D eigenvalue weighted by Gasteiger charge is 2.31. The maximum Gasteiger partial charge on any atom is 0.573 e. The molecule has 0 aliphatic rings. The molecule has 0 spiro atoms. The number of hydrogen-bond acceptors (Lipinski definition) is 2. The number of aromatic nitrogens is 2. The van der Waals surface area contributed by atoms with Crippen molar-refractivity contribution >= 4 is 10.9 Å². The Balaban J connectivity index is 2.42. The number of rotatable bonds is 1. The normalized spacial score (nSPS) is 12.0. The van der Waals surface area contributed by atoms with Gasteiger partial charge in [-0.1, -0.05) is 0 Å². The number of alkyl halides is 3. The van der Waals surface area contributed by atoms with Gasteiger partial charge in [-0.25, -0.2) is 0 Å². The summed E-state index contributed by atoms with van der Waals surface area (Å²) in [5.41, 5.74) is 1.32. The van der Waals surface area contributed by atoms with E-state index in [0.717, 1.165) is 0 Å². The number of nitrogens with zero attached hydrogens (tertiary/aromatic N) is 1. The molecule has 0 saturated carbocycles. The van der Waals surface area contributed by atoms with Crippen LogP contribution in [-0.2, 0) is 0 Å².